The van der Waals surface area contributed by atoms with Gasteiger partial charge in [-0.2, -0.15) is 0 Å². The van der Waals surface area contributed by atoms with Gasteiger partial charge in [-0.1, -0.05) is 99.6 Å². The summed E-state index contributed by atoms with van der Waals surface area (Å²) in [5.41, 5.74) is 4.05. The monoisotopic (exact) mass is 494 g/mol. The van der Waals surface area contributed by atoms with Gasteiger partial charge in [0, 0.05) is 0 Å². The first-order chi connectivity index (χ1) is 17.0. The zero-order chi connectivity index (χ0) is 24.7. The number of phosphoric ester groups is 1. The van der Waals surface area contributed by atoms with E-state index >= 15 is 0 Å². The van der Waals surface area contributed by atoms with Crippen molar-refractivity contribution < 1.29 is 22.9 Å². The lowest BCUT2D eigenvalue weighted by atomic mass is 9.90. The maximum Gasteiger partial charge on any atom is 0.478 e. The van der Waals surface area contributed by atoms with Gasteiger partial charge in [-0.15, -0.1) is 0 Å². The Hall–Kier alpha value is -2.43. The molecule has 1 aliphatic rings. The predicted octanol–water partition coefficient (Wildman–Crippen LogP) is 8.22. The Morgan fingerprint density at radius 2 is 1.29 bits per heavy atom. The number of rotatable bonds is 13. The molecule has 0 amide bonds. The van der Waals surface area contributed by atoms with Crippen LogP contribution >= 0.6 is 7.82 Å². The topological polar surface area (TPSA) is 54.0 Å². The molecule has 5 nitrogen and oxygen atoms in total. The summed E-state index contributed by atoms with van der Waals surface area (Å²) in [6, 6.07) is 25.4. The number of hydrogen-bond donors (Lipinski definition) is 0. The minimum atomic E-state index is -3.90. The molecule has 0 unspecified atom stereocenters. The van der Waals surface area contributed by atoms with Crippen LogP contribution in [0.15, 0.2) is 78.9 Å². The van der Waals surface area contributed by atoms with E-state index in [-0.39, 0.29) is 25.9 Å². The van der Waals surface area contributed by atoms with Gasteiger partial charge in [0.1, 0.15) is 5.75 Å². The maximum absolute atomic E-state index is 13.6. The Bertz CT molecular complexity index is 1060. The van der Waals surface area contributed by atoms with Crippen molar-refractivity contribution in [2.24, 2.45) is 5.92 Å². The van der Waals surface area contributed by atoms with E-state index in [0.717, 1.165) is 22.4 Å². The molecule has 3 aromatic rings. The lowest BCUT2D eigenvalue weighted by molar-refractivity contribution is 0.0432. The summed E-state index contributed by atoms with van der Waals surface area (Å²) >= 11 is 0. The van der Waals surface area contributed by atoms with Gasteiger partial charge in [0.2, 0.25) is 0 Å². The van der Waals surface area contributed by atoms with E-state index in [1.165, 1.54) is 18.4 Å². The van der Waals surface area contributed by atoms with Crippen LogP contribution in [0.3, 0.4) is 0 Å². The van der Waals surface area contributed by atoms with Gasteiger partial charge in [0.05, 0.1) is 13.2 Å². The molecule has 0 N–H and O–H groups in total. The summed E-state index contributed by atoms with van der Waals surface area (Å²) in [6.07, 6.45) is 2.50. The molecule has 35 heavy (non-hydrogen) atoms. The molecule has 4 rings (SSSR count). The average Bonchev–Trinajstić information content (AvgIpc) is 3.73. The van der Waals surface area contributed by atoms with Gasteiger partial charge in [0.15, 0.2) is 6.79 Å². The number of para-hydroxylation sites is 1. The van der Waals surface area contributed by atoms with Gasteiger partial charge >= 0.3 is 7.82 Å². The van der Waals surface area contributed by atoms with E-state index in [0.29, 0.717) is 11.8 Å². The summed E-state index contributed by atoms with van der Waals surface area (Å²) in [5.74, 6) is 2.20. The summed E-state index contributed by atoms with van der Waals surface area (Å²) in [4.78, 5) is 0. The Morgan fingerprint density at radius 1 is 0.743 bits per heavy atom. The first kappa shape index (κ1) is 25.7. The normalized spacial score (nSPS) is 14.7. The summed E-state index contributed by atoms with van der Waals surface area (Å²) in [7, 11) is -3.90. The van der Waals surface area contributed by atoms with Crippen molar-refractivity contribution in [2.45, 2.75) is 58.7 Å². The molecule has 0 spiro atoms. The minimum Gasteiger partial charge on any atom is -0.466 e. The smallest absolute Gasteiger partial charge is 0.466 e. The van der Waals surface area contributed by atoms with Crippen LogP contribution in [0.25, 0.3) is 0 Å². The first-order valence-electron chi connectivity index (χ1n) is 12.3. The van der Waals surface area contributed by atoms with Crippen LogP contribution in [-0.2, 0) is 31.4 Å². The number of ether oxygens (including phenoxy) is 1. The standard InChI is InChI=1S/C29H35O5P/c1-22(2)27-15-10-16-28(23(3)26-17-18-26)29(27)31-21-34-35(30,32-19-24-11-6-4-7-12-24)33-20-25-13-8-5-9-14-25/h4-16,22-23,26H,17-21H2,1-3H3/t23-/m1/s1. The molecule has 0 bridgehead atoms. The molecule has 1 atom stereocenters. The minimum absolute atomic E-state index is 0.111. The highest BCUT2D eigenvalue weighted by Crippen LogP contribution is 2.51. The number of benzene rings is 3. The largest absolute Gasteiger partial charge is 0.478 e. The highest BCUT2D eigenvalue weighted by atomic mass is 31.2. The highest BCUT2D eigenvalue weighted by Gasteiger charge is 2.32. The Labute approximate surface area is 209 Å². The first-order valence-corrected chi connectivity index (χ1v) is 13.8. The second kappa shape index (κ2) is 12.0. The van der Waals surface area contributed by atoms with Gasteiger partial charge in [-0.3, -0.25) is 9.05 Å². The molecule has 6 heteroatoms. The molecule has 0 aliphatic heterocycles. The third kappa shape index (κ3) is 7.28. The lowest BCUT2D eigenvalue weighted by Crippen LogP contribution is -2.10. The van der Waals surface area contributed by atoms with Crippen LogP contribution in [-0.4, -0.2) is 6.79 Å². The maximum atomic E-state index is 13.6. The highest BCUT2D eigenvalue weighted by molar-refractivity contribution is 7.48. The van der Waals surface area contributed by atoms with E-state index in [1.54, 1.807) is 0 Å². The van der Waals surface area contributed by atoms with Crippen molar-refractivity contribution in [3.63, 3.8) is 0 Å². The van der Waals surface area contributed by atoms with Gasteiger partial charge in [0.25, 0.3) is 0 Å². The molecular weight excluding hydrogens is 459 g/mol. The van der Waals surface area contributed by atoms with E-state index < -0.39 is 7.82 Å². The lowest BCUT2D eigenvalue weighted by Gasteiger charge is -2.23. The van der Waals surface area contributed by atoms with Crippen LogP contribution in [0, 0.1) is 5.92 Å². The third-order valence-electron chi connectivity index (χ3n) is 6.40. The van der Waals surface area contributed by atoms with E-state index in [4.69, 9.17) is 18.3 Å². The van der Waals surface area contributed by atoms with Gasteiger partial charge in [-0.25, -0.2) is 9.09 Å². The third-order valence-corrected chi connectivity index (χ3v) is 7.71. The van der Waals surface area contributed by atoms with Crippen LogP contribution < -0.4 is 4.74 Å². The average molecular weight is 495 g/mol. The van der Waals surface area contributed by atoms with Crippen molar-refractivity contribution in [2.75, 3.05) is 6.79 Å². The fourth-order valence-corrected chi connectivity index (χ4v) is 5.14. The Kier molecular flexibility index (Phi) is 8.80. The van der Waals surface area contributed by atoms with Crippen molar-refractivity contribution >= 4 is 7.82 Å². The summed E-state index contributed by atoms with van der Waals surface area (Å²) in [5, 5.41) is 0. The second-order valence-electron chi connectivity index (χ2n) is 9.40. The molecule has 1 fully saturated rings. The summed E-state index contributed by atoms with van der Waals surface area (Å²) < 4.78 is 36.9. The summed E-state index contributed by atoms with van der Waals surface area (Å²) in [6.45, 7) is 6.53. The van der Waals surface area contributed by atoms with Crippen LogP contribution in [0.2, 0.25) is 0 Å². The van der Waals surface area contributed by atoms with Crippen molar-refractivity contribution in [3.05, 3.63) is 101 Å². The molecule has 0 aromatic heterocycles. The Morgan fingerprint density at radius 3 is 1.80 bits per heavy atom. The van der Waals surface area contributed by atoms with Crippen molar-refractivity contribution in [1.29, 1.82) is 0 Å². The molecular formula is C29H35O5P. The fourth-order valence-electron chi connectivity index (χ4n) is 4.12. The van der Waals surface area contributed by atoms with Crippen molar-refractivity contribution in [3.8, 4) is 5.75 Å². The second-order valence-corrected chi connectivity index (χ2v) is 11.1. The number of hydrogen-bond acceptors (Lipinski definition) is 5. The molecule has 0 heterocycles. The van der Waals surface area contributed by atoms with Crippen LogP contribution in [0.4, 0.5) is 0 Å². The van der Waals surface area contributed by atoms with Crippen LogP contribution in [0.5, 0.6) is 5.75 Å². The molecule has 1 saturated carbocycles. The van der Waals surface area contributed by atoms with Crippen molar-refractivity contribution in [1.82, 2.24) is 0 Å². The predicted molar refractivity (Wildman–Crippen MR) is 138 cm³/mol. The molecule has 1 aliphatic carbocycles. The van der Waals surface area contributed by atoms with Crippen LogP contribution in [0.1, 0.15) is 67.7 Å². The van der Waals surface area contributed by atoms with Gasteiger partial charge in [-0.05, 0) is 52.8 Å². The SMILES string of the molecule is CC(C)c1cccc([C@H](C)C2CC2)c1OCOP(=O)(OCc1ccccc1)OCc1ccccc1. The molecule has 0 radical (unpaired) electrons. The fraction of sp³-hybridized carbons (Fsp3) is 0.379. The molecule has 3 aromatic carbocycles. The quantitative estimate of drug-likeness (QED) is 0.177. The molecule has 186 valence electrons. The number of phosphoric acid groups is 1. The zero-order valence-electron chi connectivity index (χ0n) is 20.8. The Balaban J connectivity index is 1.47. The van der Waals surface area contributed by atoms with E-state index in [9.17, 15) is 4.57 Å². The molecule has 0 saturated heterocycles. The van der Waals surface area contributed by atoms with Gasteiger partial charge < -0.3 is 4.74 Å². The van der Waals surface area contributed by atoms with E-state index in [1.807, 2.05) is 60.7 Å². The van der Waals surface area contributed by atoms with E-state index in [2.05, 4.69) is 39.0 Å². The zero-order valence-corrected chi connectivity index (χ0v) is 21.7.